The van der Waals surface area contributed by atoms with E-state index < -0.39 is 0 Å². The van der Waals surface area contributed by atoms with Crippen LogP contribution in [0, 0.1) is 0 Å². The lowest BCUT2D eigenvalue weighted by molar-refractivity contribution is -0.136. The Labute approximate surface area is 48.3 Å². The van der Waals surface area contributed by atoms with Crippen molar-refractivity contribution in [3.8, 4) is 0 Å². The third-order valence-corrected chi connectivity index (χ3v) is 0.318. The molecule has 0 saturated carbocycles. The molecule has 0 aromatic carbocycles. The second kappa shape index (κ2) is 4.33. The quantitative estimate of drug-likeness (QED) is 0.366. The number of ether oxygens (including phenoxy) is 1. The molecule has 0 aromatic heterocycles. The van der Waals surface area contributed by atoms with Crippen LogP contribution >= 0.6 is 0 Å². The predicted molar refractivity (Wildman–Crippen MR) is 30.2 cm³/mol. The molecule has 0 aliphatic carbocycles. The molecular formula is C5H10O3. The highest BCUT2D eigenvalue weighted by Crippen LogP contribution is 1.87. The minimum atomic E-state index is -0.312. The fourth-order valence-corrected chi connectivity index (χ4v) is 0.245. The Balaban J connectivity index is 0. The molecular weight excluding hydrogens is 108 g/mol. The van der Waals surface area contributed by atoms with E-state index in [1.807, 2.05) is 0 Å². The first kappa shape index (κ1) is 10.2. The summed E-state index contributed by atoms with van der Waals surface area (Å²) in [7, 11) is 0. The monoisotopic (exact) mass is 118 g/mol. The van der Waals surface area contributed by atoms with Crippen LogP contribution in [0.5, 0.6) is 0 Å². The van der Waals surface area contributed by atoms with Gasteiger partial charge in [-0.25, -0.2) is 0 Å². The molecule has 0 heterocycles. The fourth-order valence-electron chi connectivity index (χ4n) is 0.245. The van der Waals surface area contributed by atoms with Crippen LogP contribution in [0.3, 0.4) is 0 Å². The van der Waals surface area contributed by atoms with E-state index in [1.165, 1.54) is 6.92 Å². The fraction of sp³-hybridized carbons (Fsp3) is 0.400. The Kier molecular flexibility index (Phi) is 5.53. The molecule has 0 saturated heterocycles. The molecule has 0 spiro atoms. The molecule has 2 N–H and O–H groups in total. The maximum Gasteiger partial charge on any atom is 0.307 e. The number of esters is 1. The van der Waals surface area contributed by atoms with E-state index in [1.54, 1.807) is 6.92 Å². The number of hydrogen-bond donors (Lipinski definition) is 0. The van der Waals surface area contributed by atoms with Gasteiger partial charge in [-0.2, -0.15) is 0 Å². The molecule has 0 amide bonds. The second-order valence-electron chi connectivity index (χ2n) is 1.30. The summed E-state index contributed by atoms with van der Waals surface area (Å²) in [6.45, 7) is 6.32. The van der Waals surface area contributed by atoms with Gasteiger partial charge in [0.25, 0.3) is 0 Å². The van der Waals surface area contributed by atoms with E-state index in [4.69, 9.17) is 0 Å². The van der Waals surface area contributed by atoms with E-state index in [0.717, 1.165) is 0 Å². The van der Waals surface area contributed by atoms with Crippen molar-refractivity contribution in [3.63, 3.8) is 0 Å². The van der Waals surface area contributed by atoms with Gasteiger partial charge in [0.1, 0.15) is 0 Å². The van der Waals surface area contributed by atoms with Gasteiger partial charge < -0.3 is 10.2 Å². The van der Waals surface area contributed by atoms with Crippen molar-refractivity contribution in [1.29, 1.82) is 0 Å². The van der Waals surface area contributed by atoms with Crippen LogP contribution in [-0.4, -0.2) is 11.4 Å². The molecule has 0 fully saturated rings. The molecule has 8 heavy (non-hydrogen) atoms. The van der Waals surface area contributed by atoms with Crippen LogP contribution < -0.4 is 0 Å². The van der Waals surface area contributed by atoms with Crippen LogP contribution in [0.4, 0.5) is 0 Å². The molecule has 3 heteroatoms. The lowest BCUT2D eigenvalue weighted by atomic mass is 10.6. The maximum absolute atomic E-state index is 9.97. The normalized spacial score (nSPS) is 6.75. The maximum atomic E-state index is 9.97. The van der Waals surface area contributed by atoms with Crippen molar-refractivity contribution in [1.82, 2.24) is 0 Å². The lowest BCUT2D eigenvalue weighted by Gasteiger charge is -1.93. The van der Waals surface area contributed by atoms with Crippen LogP contribution in [0.25, 0.3) is 0 Å². The zero-order valence-electron chi connectivity index (χ0n) is 5.02. The average molecular weight is 118 g/mol. The molecule has 0 atom stereocenters. The van der Waals surface area contributed by atoms with E-state index in [2.05, 4.69) is 11.3 Å². The smallest absolute Gasteiger partial charge is 0.307 e. The Bertz CT molecular complexity index is 83.8. The van der Waals surface area contributed by atoms with E-state index in [9.17, 15) is 4.79 Å². The SMILES string of the molecule is C=C(C)OC(C)=O.O. The summed E-state index contributed by atoms with van der Waals surface area (Å²) in [5, 5.41) is 0. The molecule has 0 unspecified atom stereocenters. The third-order valence-electron chi connectivity index (χ3n) is 0.318. The number of allylic oxidation sites excluding steroid dienone is 1. The summed E-state index contributed by atoms with van der Waals surface area (Å²) in [6.07, 6.45) is 0. The van der Waals surface area contributed by atoms with E-state index in [0.29, 0.717) is 5.76 Å². The summed E-state index contributed by atoms with van der Waals surface area (Å²) in [6, 6.07) is 0. The topological polar surface area (TPSA) is 57.8 Å². The van der Waals surface area contributed by atoms with Crippen LogP contribution in [-0.2, 0) is 9.53 Å². The van der Waals surface area contributed by atoms with Crippen LogP contribution in [0.2, 0.25) is 0 Å². The zero-order valence-corrected chi connectivity index (χ0v) is 5.02. The van der Waals surface area contributed by atoms with Crippen molar-refractivity contribution in [2.45, 2.75) is 13.8 Å². The summed E-state index contributed by atoms with van der Waals surface area (Å²) in [5.74, 6) is 0.125. The molecule has 0 rings (SSSR count). The Morgan fingerprint density at radius 2 is 1.88 bits per heavy atom. The molecule has 0 radical (unpaired) electrons. The van der Waals surface area contributed by atoms with Crippen molar-refractivity contribution in [3.05, 3.63) is 12.3 Å². The van der Waals surface area contributed by atoms with Gasteiger partial charge in [0.2, 0.25) is 0 Å². The number of carbonyl (C=O) groups is 1. The van der Waals surface area contributed by atoms with Gasteiger partial charge in [-0.3, -0.25) is 4.79 Å². The standard InChI is InChI=1S/C5H8O2.H2O/c1-4(2)7-5(3)6;/h1H2,2-3H3;1H2. The highest BCUT2D eigenvalue weighted by molar-refractivity contribution is 5.67. The number of carbonyl (C=O) groups excluding carboxylic acids is 1. The van der Waals surface area contributed by atoms with Crippen LogP contribution in [0.15, 0.2) is 12.3 Å². The molecule has 0 aliphatic rings. The summed E-state index contributed by atoms with van der Waals surface area (Å²) in [5.41, 5.74) is 0. The van der Waals surface area contributed by atoms with Crippen molar-refractivity contribution >= 4 is 5.97 Å². The van der Waals surface area contributed by atoms with Crippen LogP contribution in [0.1, 0.15) is 13.8 Å². The first-order valence-electron chi connectivity index (χ1n) is 1.97. The van der Waals surface area contributed by atoms with Gasteiger partial charge in [-0.15, -0.1) is 0 Å². The summed E-state index contributed by atoms with van der Waals surface area (Å²) in [4.78, 5) is 9.97. The number of rotatable bonds is 1. The van der Waals surface area contributed by atoms with Gasteiger partial charge in [0.15, 0.2) is 0 Å². The van der Waals surface area contributed by atoms with Gasteiger partial charge in [-0.1, -0.05) is 6.58 Å². The summed E-state index contributed by atoms with van der Waals surface area (Å²) >= 11 is 0. The van der Waals surface area contributed by atoms with E-state index >= 15 is 0 Å². The minimum absolute atomic E-state index is 0. The molecule has 48 valence electrons. The lowest BCUT2D eigenvalue weighted by Crippen LogP contribution is -1.93. The number of hydrogen-bond acceptors (Lipinski definition) is 2. The Morgan fingerprint density at radius 1 is 1.50 bits per heavy atom. The first-order chi connectivity index (χ1) is 3.13. The van der Waals surface area contributed by atoms with Gasteiger partial charge in [0, 0.05) is 6.92 Å². The second-order valence-corrected chi connectivity index (χ2v) is 1.30. The Morgan fingerprint density at radius 3 is 1.88 bits per heavy atom. The minimum Gasteiger partial charge on any atom is -0.432 e. The average Bonchev–Trinajstić information content (AvgIpc) is 1.27. The zero-order chi connectivity index (χ0) is 5.86. The molecule has 0 bridgehead atoms. The first-order valence-corrected chi connectivity index (χ1v) is 1.97. The predicted octanol–water partition coefficient (Wildman–Crippen LogP) is 0.258. The van der Waals surface area contributed by atoms with Crippen molar-refractivity contribution < 1.29 is 15.0 Å². The third kappa shape index (κ3) is 8.95. The molecule has 0 aromatic rings. The van der Waals surface area contributed by atoms with Crippen molar-refractivity contribution in [2.75, 3.05) is 0 Å². The van der Waals surface area contributed by atoms with Crippen molar-refractivity contribution in [2.24, 2.45) is 0 Å². The van der Waals surface area contributed by atoms with E-state index in [-0.39, 0.29) is 11.4 Å². The molecule has 3 nitrogen and oxygen atoms in total. The van der Waals surface area contributed by atoms with Gasteiger partial charge in [-0.05, 0) is 6.92 Å². The van der Waals surface area contributed by atoms with Gasteiger partial charge >= 0.3 is 5.97 Å². The Hall–Kier alpha value is -0.830. The van der Waals surface area contributed by atoms with Gasteiger partial charge in [0.05, 0.1) is 5.76 Å². The highest BCUT2D eigenvalue weighted by Gasteiger charge is 1.87. The largest absolute Gasteiger partial charge is 0.432 e. The highest BCUT2D eigenvalue weighted by atomic mass is 16.5. The summed E-state index contributed by atoms with van der Waals surface area (Å²) < 4.78 is 4.42. The molecule has 0 aliphatic heterocycles.